The Morgan fingerprint density at radius 1 is 0.885 bits per heavy atom. The maximum Gasteiger partial charge on any atom is 0.185 e. The lowest BCUT2D eigenvalue weighted by molar-refractivity contribution is -0.112. The van der Waals surface area contributed by atoms with E-state index < -0.39 is 0 Å². The van der Waals surface area contributed by atoms with Gasteiger partial charge in [-0.25, -0.2) is 0 Å². The minimum absolute atomic E-state index is 0.0704. The van der Waals surface area contributed by atoms with E-state index >= 15 is 0 Å². The Labute approximate surface area is 158 Å². The number of ketones is 1. The van der Waals surface area contributed by atoms with Gasteiger partial charge in [0, 0.05) is 21.7 Å². The highest BCUT2D eigenvalue weighted by molar-refractivity contribution is 6.32. The van der Waals surface area contributed by atoms with Crippen LogP contribution in [0.3, 0.4) is 0 Å². The van der Waals surface area contributed by atoms with E-state index in [0.29, 0.717) is 16.5 Å². The Hall–Kier alpha value is -2.52. The van der Waals surface area contributed by atoms with E-state index in [9.17, 15) is 4.79 Å². The summed E-state index contributed by atoms with van der Waals surface area (Å²) in [7, 11) is 3.20. The van der Waals surface area contributed by atoms with Gasteiger partial charge in [-0.1, -0.05) is 41.9 Å². The first-order valence-electron chi connectivity index (χ1n) is 8.55. The minimum atomic E-state index is 0.0704. The lowest BCUT2D eigenvalue weighted by atomic mass is 9.86. The normalized spacial score (nSPS) is 17.6. The summed E-state index contributed by atoms with van der Waals surface area (Å²) >= 11 is 6.23. The van der Waals surface area contributed by atoms with E-state index in [-0.39, 0.29) is 5.78 Å². The van der Waals surface area contributed by atoms with Gasteiger partial charge in [0.25, 0.3) is 0 Å². The van der Waals surface area contributed by atoms with Gasteiger partial charge in [-0.15, -0.1) is 0 Å². The quantitative estimate of drug-likeness (QED) is 0.661. The molecule has 1 saturated carbocycles. The average molecular weight is 369 g/mol. The van der Waals surface area contributed by atoms with Crippen molar-refractivity contribution >= 4 is 29.5 Å². The van der Waals surface area contributed by atoms with Gasteiger partial charge < -0.3 is 9.47 Å². The van der Waals surface area contributed by atoms with Gasteiger partial charge in [-0.3, -0.25) is 4.79 Å². The second-order valence-corrected chi connectivity index (χ2v) is 6.53. The lowest BCUT2D eigenvalue weighted by Gasteiger charge is -2.18. The van der Waals surface area contributed by atoms with E-state index in [1.54, 1.807) is 14.2 Å². The van der Waals surface area contributed by atoms with Gasteiger partial charge in [0.2, 0.25) is 0 Å². The van der Waals surface area contributed by atoms with Gasteiger partial charge >= 0.3 is 0 Å². The number of carbonyl (C=O) groups is 1. The number of carbonyl (C=O) groups excluding carboxylic acids is 1. The SMILES string of the molecule is COc1cccc(/C=C2\CCC/C(=C\c3ccccc3Cl)C2=O)c1OC. The topological polar surface area (TPSA) is 35.5 Å². The van der Waals surface area contributed by atoms with Crippen LogP contribution in [0.1, 0.15) is 30.4 Å². The molecule has 2 aromatic rings. The predicted octanol–water partition coefficient (Wildman–Crippen LogP) is 5.58. The molecule has 0 radical (unpaired) electrons. The summed E-state index contributed by atoms with van der Waals surface area (Å²) in [4.78, 5) is 12.9. The summed E-state index contributed by atoms with van der Waals surface area (Å²) < 4.78 is 10.8. The Morgan fingerprint density at radius 2 is 1.54 bits per heavy atom. The molecule has 3 nitrogen and oxygen atoms in total. The van der Waals surface area contributed by atoms with Crippen molar-refractivity contribution in [3.05, 3.63) is 69.8 Å². The molecule has 134 valence electrons. The first-order valence-corrected chi connectivity index (χ1v) is 8.93. The van der Waals surface area contributed by atoms with Gasteiger partial charge in [0.15, 0.2) is 17.3 Å². The number of methoxy groups -OCH3 is 2. The van der Waals surface area contributed by atoms with Crippen LogP contribution in [0.4, 0.5) is 0 Å². The van der Waals surface area contributed by atoms with Crippen LogP contribution in [0.2, 0.25) is 5.02 Å². The fourth-order valence-electron chi connectivity index (χ4n) is 3.17. The summed E-state index contributed by atoms with van der Waals surface area (Å²) in [5.41, 5.74) is 3.28. The highest BCUT2D eigenvalue weighted by Crippen LogP contribution is 2.35. The van der Waals surface area contributed by atoms with Crippen LogP contribution in [-0.2, 0) is 4.79 Å². The molecular weight excluding hydrogens is 348 g/mol. The maximum absolute atomic E-state index is 12.9. The molecule has 1 aliphatic rings. The van der Waals surface area contributed by atoms with Crippen molar-refractivity contribution in [2.75, 3.05) is 14.2 Å². The molecule has 1 aliphatic carbocycles. The van der Waals surface area contributed by atoms with E-state index in [1.165, 1.54) is 0 Å². The monoisotopic (exact) mass is 368 g/mol. The number of ether oxygens (including phenoxy) is 2. The Kier molecular flexibility index (Phi) is 5.79. The van der Waals surface area contributed by atoms with Crippen molar-refractivity contribution in [3.8, 4) is 11.5 Å². The number of rotatable bonds is 4. The van der Waals surface area contributed by atoms with Crippen LogP contribution >= 0.6 is 11.6 Å². The first-order chi connectivity index (χ1) is 12.6. The minimum Gasteiger partial charge on any atom is -0.493 e. The molecule has 2 aromatic carbocycles. The van der Waals surface area contributed by atoms with Crippen molar-refractivity contribution in [2.45, 2.75) is 19.3 Å². The fourth-order valence-corrected chi connectivity index (χ4v) is 3.36. The molecule has 0 aromatic heterocycles. The largest absolute Gasteiger partial charge is 0.493 e. The molecule has 0 heterocycles. The standard InChI is InChI=1S/C22H21ClO3/c1-25-20-12-6-10-18(22(20)26-2)14-17-9-5-8-16(21(17)24)13-15-7-3-4-11-19(15)23/h3-4,6-7,10-14H,5,8-9H2,1-2H3/b16-13+,17-14+. The highest BCUT2D eigenvalue weighted by Gasteiger charge is 2.21. The summed E-state index contributed by atoms with van der Waals surface area (Å²) in [6.07, 6.45) is 6.25. The molecule has 0 aliphatic heterocycles. The molecule has 0 spiro atoms. The van der Waals surface area contributed by atoms with Crippen molar-refractivity contribution in [3.63, 3.8) is 0 Å². The zero-order valence-corrected chi connectivity index (χ0v) is 15.7. The van der Waals surface area contributed by atoms with Gasteiger partial charge in [-0.05, 0) is 49.1 Å². The summed E-state index contributed by atoms with van der Waals surface area (Å²) in [6, 6.07) is 13.2. The molecule has 0 N–H and O–H groups in total. The highest BCUT2D eigenvalue weighted by atomic mass is 35.5. The van der Waals surface area contributed by atoms with Crippen molar-refractivity contribution in [1.29, 1.82) is 0 Å². The Balaban J connectivity index is 1.96. The van der Waals surface area contributed by atoms with Crippen LogP contribution in [-0.4, -0.2) is 20.0 Å². The molecule has 1 fully saturated rings. The van der Waals surface area contributed by atoms with Crippen molar-refractivity contribution < 1.29 is 14.3 Å². The molecule has 26 heavy (non-hydrogen) atoms. The van der Waals surface area contributed by atoms with Crippen LogP contribution in [0, 0.1) is 0 Å². The molecule has 0 saturated heterocycles. The second kappa shape index (κ2) is 8.24. The van der Waals surface area contributed by atoms with E-state index in [1.807, 2.05) is 54.6 Å². The summed E-state index contributed by atoms with van der Waals surface area (Å²) in [6.45, 7) is 0. The average Bonchev–Trinajstić information content (AvgIpc) is 2.66. The molecule has 4 heteroatoms. The number of Topliss-reactive ketones (excluding diaryl/α,β-unsaturated/α-hetero) is 1. The van der Waals surface area contributed by atoms with Crippen LogP contribution in [0.15, 0.2) is 53.6 Å². The zero-order valence-electron chi connectivity index (χ0n) is 14.9. The molecule has 0 bridgehead atoms. The molecule has 0 atom stereocenters. The smallest absolute Gasteiger partial charge is 0.185 e. The predicted molar refractivity (Wildman–Crippen MR) is 106 cm³/mol. The van der Waals surface area contributed by atoms with Crippen LogP contribution < -0.4 is 9.47 Å². The molecule has 0 amide bonds. The van der Waals surface area contributed by atoms with E-state index in [0.717, 1.165) is 41.5 Å². The fraction of sp³-hybridized carbons (Fsp3) is 0.227. The third kappa shape index (κ3) is 3.83. The lowest BCUT2D eigenvalue weighted by Crippen LogP contribution is -2.12. The van der Waals surface area contributed by atoms with Gasteiger partial charge in [0.05, 0.1) is 14.2 Å². The second-order valence-electron chi connectivity index (χ2n) is 6.13. The molecule has 0 unspecified atom stereocenters. The third-order valence-electron chi connectivity index (χ3n) is 4.47. The van der Waals surface area contributed by atoms with Crippen molar-refractivity contribution in [1.82, 2.24) is 0 Å². The number of hydrogen-bond acceptors (Lipinski definition) is 3. The molecular formula is C22H21ClO3. The number of allylic oxidation sites excluding steroid dienone is 2. The van der Waals surface area contributed by atoms with Crippen LogP contribution in [0.25, 0.3) is 12.2 Å². The summed E-state index contributed by atoms with van der Waals surface area (Å²) in [5, 5.41) is 0.651. The van der Waals surface area contributed by atoms with Crippen LogP contribution in [0.5, 0.6) is 11.5 Å². The Morgan fingerprint density at radius 3 is 2.19 bits per heavy atom. The third-order valence-corrected chi connectivity index (χ3v) is 4.82. The number of benzene rings is 2. The zero-order chi connectivity index (χ0) is 18.5. The number of para-hydroxylation sites is 1. The van der Waals surface area contributed by atoms with Gasteiger partial charge in [0.1, 0.15) is 0 Å². The van der Waals surface area contributed by atoms with E-state index in [2.05, 4.69) is 0 Å². The summed E-state index contributed by atoms with van der Waals surface area (Å²) in [5.74, 6) is 1.36. The number of hydrogen-bond donors (Lipinski definition) is 0. The van der Waals surface area contributed by atoms with Crippen molar-refractivity contribution in [2.24, 2.45) is 0 Å². The number of halogens is 1. The first kappa shape index (κ1) is 18.3. The maximum atomic E-state index is 12.9. The van der Waals surface area contributed by atoms with E-state index in [4.69, 9.17) is 21.1 Å². The van der Waals surface area contributed by atoms with Gasteiger partial charge in [-0.2, -0.15) is 0 Å². The Bertz CT molecular complexity index is 881. The molecule has 3 rings (SSSR count).